The number of ether oxygens (including phenoxy) is 3. The molecule has 2 heterocycles. The van der Waals surface area contributed by atoms with Crippen molar-refractivity contribution in [3.8, 4) is 11.6 Å². The molecule has 1 fully saturated rings. The number of halogens is 1. The molecule has 34 heavy (non-hydrogen) atoms. The first kappa shape index (κ1) is 26.3. The van der Waals surface area contributed by atoms with Crippen LogP contribution in [0.3, 0.4) is 0 Å². The van der Waals surface area contributed by atoms with Gasteiger partial charge in [-0.1, -0.05) is 6.07 Å². The van der Waals surface area contributed by atoms with E-state index in [1.54, 1.807) is 31.5 Å². The van der Waals surface area contributed by atoms with E-state index in [0.29, 0.717) is 16.8 Å². The fraction of sp³-hybridized carbons (Fsp3) is 0.609. The maximum Gasteiger partial charge on any atom is 0.356 e. The third kappa shape index (κ3) is 5.19. The van der Waals surface area contributed by atoms with E-state index in [1.807, 2.05) is 13.8 Å². The van der Waals surface area contributed by atoms with Gasteiger partial charge in [-0.25, -0.2) is 4.39 Å². The molecule has 0 amide bonds. The van der Waals surface area contributed by atoms with Crippen molar-refractivity contribution in [3.05, 3.63) is 40.8 Å². The van der Waals surface area contributed by atoms with Crippen LogP contribution in [0.1, 0.15) is 50.6 Å². The Bertz CT molecular complexity index is 996. The summed E-state index contributed by atoms with van der Waals surface area (Å²) in [7, 11) is 0. The predicted octanol–water partition coefficient (Wildman–Crippen LogP) is 0.788. The molecule has 0 spiro atoms. The third-order valence-corrected chi connectivity index (χ3v) is 5.64. The molecule has 190 valence electrons. The van der Waals surface area contributed by atoms with Crippen LogP contribution in [0.5, 0.6) is 11.6 Å². The van der Waals surface area contributed by atoms with Gasteiger partial charge in [-0.05, 0) is 52.3 Å². The minimum Gasteiger partial charge on any atom is -0.488 e. The molecule has 10 nitrogen and oxygen atoms in total. The van der Waals surface area contributed by atoms with E-state index in [9.17, 15) is 29.9 Å². The summed E-state index contributed by atoms with van der Waals surface area (Å²) < 4.78 is 32.4. The molecule has 5 N–H and O–H groups in total. The average molecular weight is 485 g/mol. The summed E-state index contributed by atoms with van der Waals surface area (Å²) in [4.78, 5) is 0. The Morgan fingerprint density at radius 3 is 2.41 bits per heavy atom. The molecule has 1 aliphatic heterocycles. The highest BCUT2D eigenvalue weighted by Crippen LogP contribution is 2.35. The summed E-state index contributed by atoms with van der Waals surface area (Å²) >= 11 is 0. The largest absolute Gasteiger partial charge is 0.488 e. The lowest BCUT2D eigenvalue weighted by Gasteiger charge is -2.43. The Labute approximate surface area is 197 Å². The lowest BCUT2D eigenvalue weighted by Crippen LogP contribution is -2.67. The van der Waals surface area contributed by atoms with Crippen LogP contribution in [-0.2, 0) is 11.2 Å². The third-order valence-electron chi connectivity index (χ3n) is 5.64. The SMILES string of the molecule is Cc1c(Cc2ccc(OC(C)C)c(F)c2)c(OC2(O)O[C@H](CO)[C@@H](O)[C@@H](O)[C@H]2O)nn1C(C)C. The van der Waals surface area contributed by atoms with Gasteiger partial charge in [0.1, 0.15) is 18.3 Å². The van der Waals surface area contributed by atoms with Crippen LogP contribution in [0.25, 0.3) is 0 Å². The Morgan fingerprint density at radius 2 is 1.85 bits per heavy atom. The zero-order valence-electron chi connectivity index (χ0n) is 19.8. The Kier molecular flexibility index (Phi) is 7.85. The number of hydrogen-bond acceptors (Lipinski definition) is 9. The number of aliphatic hydroxyl groups excluding tert-OH is 4. The smallest absolute Gasteiger partial charge is 0.356 e. The number of hydrogen-bond donors (Lipinski definition) is 5. The first-order valence-corrected chi connectivity index (χ1v) is 11.1. The molecular weight excluding hydrogens is 451 g/mol. The summed E-state index contributed by atoms with van der Waals surface area (Å²) in [6, 6.07) is 4.45. The number of nitrogens with zero attached hydrogens (tertiary/aromatic N) is 2. The van der Waals surface area contributed by atoms with Crippen molar-refractivity contribution in [2.24, 2.45) is 0 Å². The molecule has 3 rings (SSSR count). The fourth-order valence-corrected chi connectivity index (χ4v) is 3.87. The van der Waals surface area contributed by atoms with Gasteiger partial charge in [0.15, 0.2) is 17.7 Å². The van der Waals surface area contributed by atoms with Crippen molar-refractivity contribution in [1.82, 2.24) is 9.78 Å². The first-order chi connectivity index (χ1) is 15.9. The zero-order chi connectivity index (χ0) is 25.4. The highest BCUT2D eigenvalue weighted by Gasteiger charge is 2.55. The Balaban J connectivity index is 1.96. The molecular formula is C23H33FN2O8. The molecule has 0 aliphatic carbocycles. The second-order valence-electron chi connectivity index (χ2n) is 9.01. The quantitative estimate of drug-likeness (QED) is 0.343. The molecule has 1 aromatic heterocycles. The summed E-state index contributed by atoms with van der Waals surface area (Å²) in [5.74, 6) is -3.32. The standard InChI is InChI=1S/C23H33FN2O8/c1-11(2)26-13(5)15(8-14-6-7-17(16(24)9-14)32-12(3)4)22(25-26)34-23(31)21(30)20(29)19(28)18(10-27)33-23/h6-7,9,11-12,18-21,27-31H,8,10H2,1-5H3/t18-,19-,20-,21-,23?/m1/s1. The van der Waals surface area contributed by atoms with E-state index < -0.39 is 42.8 Å². The van der Waals surface area contributed by atoms with Gasteiger partial charge in [-0.3, -0.25) is 4.68 Å². The lowest BCUT2D eigenvalue weighted by atomic mass is 9.98. The molecule has 1 aliphatic rings. The number of rotatable bonds is 8. The predicted molar refractivity (Wildman–Crippen MR) is 118 cm³/mol. The van der Waals surface area contributed by atoms with Gasteiger partial charge in [-0.2, -0.15) is 0 Å². The van der Waals surface area contributed by atoms with Gasteiger partial charge in [0.25, 0.3) is 0 Å². The van der Waals surface area contributed by atoms with Crippen LogP contribution in [0, 0.1) is 12.7 Å². The number of benzene rings is 1. The molecule has 1 saturated heterocycles. The van der Waals surface area contributed by atoms with E-state index in [2.05, 4.69) is 5.10 Å². The van der Waals surface area contributed by atoms with E-state index in [1.165, 1.54) is 12.1 Å². The normalized spacial score (nSPS) is 27.4. The molecule has 0 radical (unpaired) electrons. The van der Waals surface area contributed by atoms with Gasteiger partial charge in [0, 0.05) is 23.7 Å². The maximum absolute atomic E-state index is 14.5. The van der Waals surface area contributed by atoms with Gasteiger partial charge in [0.05, 0.1) is 12.7 Å². The maximum atomic E-state index is 14.5. The van der Waals surface area contributed by atoms with E-state index >= 15 is 0 Å². The molecule has 1 aromatic carbocycles. The highest BCUT2D eigenvalue weighted by atomic mass is 19.1. The molecule has 0 bridgehead atoms. The van der Waals surface area contributed by atoms with Crippen LogP contribution in [-0.4, -0.2) is 78.4 Å². The van der Waals surface area contributed by atoms with Crippen molar-refractivity contribution in [2.45, 2.75) is 83.6 Å². The Morgan fingerprint density at radius 1 is 1.18 bits per heavy atom. The average Bonchev–Trinajstić information content (AvgIpc) is 3.06. The summed E-state index contributed by atoms with van der Waals surface area (Å²) in [6.07, 6.45) is -7.00. The molecule has 0 saturated carbocycles. The minimum atomic E-state index is -2.80. The van der Waals surface area contributed by atoms with Crippen molar-refractivity contribution in [1.29, 1.82) is 0 Å². The van der Waals surface area contributed by atoms with E-state index in [-0.39, 0.29) is 30.2 Å². The van der Waals surface area contributed by atoms with Crippen molar-refractivity contribution >= 4 is 0 Å². The van der Waals surface area contributed by atoms with Crippen LogP contribution in [0.15, 0.2) is 18.2 Å². The monoisotopic (exact) mass is 484 g/mol. The second kappa shape index (κ2) is 10.1. The molecule has 2 aromatic rings. The lowest BCUT2D eigenvalue weighted by molar-refractivity contribution is -0.423. The van der Waals surface area contributed by atoms with Crippen LogP contribution in [0.2, 0.25) is 0 Å². The van der Waals surface area contributed by atoms with Gasteiger partial charge < -0.3 is 39.7 Å². The summed E-state index contributed by atoms with van der Waals surface area (Å²) in [5, 5.41) is 55.1. The van der Waals surface area contributed by atoms with E-state index in [0.717, 1.165) is 0 Å². The van der Waals surface area contributed by atoms with Crippen LogP contribution >= 0.6 is 0 Å². The van der Waals surface area contributed by atoms with Gasteiger partial charge in [0.2, 0.25) is 5.88 Å². The molecule has 1 unspecified atom stereocenters. The second-order valence-corrected chi connectivity index (χ2v) is 9.01. The van der Waals surface area contributed by atoms with Crippen molar-refractivity contribution in [3.63, 3.8) is 0 Å². The van der Waals surface area contributed by atoms with Crippen LogP contribution in [0.4, 0.5) is 4.39 Å². The highest BCUT2D eigenvalue weighted by molar-refractivity contribution is 5.39. The molecule has 11 heteroatoms. The summed E-state index contributed by atoms with van der Waals surface area (Å²) in [5.41, 5.74) is 1.72. The van der Waals surface area contributed by atoms with E-state index in [4.69, 9.17) is 14.2 Å². The van der Waals surface area contributed by atoms with Gasteiger partial charge in [-0.15, -0.1) is 5.10 Å². The van der Waals surface area contributed by atoms with Crippen LogP contribution < -0.4 is 9.47 Å². The van der Waals surface area contributed by atoms with Crippen molar-refractivity contribution < 1.29 is 44.1 Å². The topological polar surface area (TPSA) is 147 Å². The zero-order valence-corrected chi connectivity index (χ0v) is 19.8. The fourth-order valence-electron chi connectivity index (χ4n) is 3.87. The Hall–Kier alpha value is -2.28. The number of aliphatic hydroxyl groups is 5. The van der Waals surface area contributed by atoms with Crippen molar-refractivity contribution in [2.75, 3.05) is 6.61 Å². The number of aromatic nitrogens is 2. The molecule has 5 atom stereocenters. The van der Waals surface area contributed by atoms with Gasteiger partial charge >= 0.3 is 5.97 Å². The first-order valence-electron chi connectivity index (χ1n) is 11.1. The minimum absolute atomic E-state index is 0.0981. The summed E-state index contributed by atoms with van der Waals surface area (Å²) in [6.45, 7) is 8.39.